The number of nitrogens with zero attached hydrogens (tertiary/aromatic N) is 1. The quantitative estimate of drug-likeness (QED) is 0.853. The number of benzene rings is 1. The predicted molar refractivity (Wildman–Crippen MR) is 84.1 cm³/mol. The molecule has 3 rings (SSSR count). The van der Waals surface area contributed by atoms with E-state index >= 15 is 0 Å². The van der Waals surface area contributed by atoms with E-state index < -0.39 is 0 Å². The van der Waals surface area contributed by atoms with Crippen molar-refractivity contribution < 1.29 is 13.9 Å². The highest BCUT2D eigenvalue weighted by Gasteiger charge is 2.43. The van der Waals surface area contributed by atoms with Crippen LogP contribution in [0.15, 0.2) is 24.3 Å². The highest BCUT2D eigenvalue weighted by Crippen LogP contribution is 2.44. The summed E-state index contributed by atoms with van der Waals surface area (Å²) in [6.07, 6.45) is 3.54. The van der Waals surface area contributed by atoms with Crippen molar-refractivity contribution in [2.24, 2.45) is 11.3 Å². The van der Waals surface area contributed by atoms with Crippen LogP contribution >= 0.6 is 0 Å². The van der Waals surface area contributed by atoms with Gasteiger partial charge in [-0.3, -0.25) is 4.90 Å². The molecule has 2 fully saturated rings. The summed E-state index contributed by atoms with van der Waals surface area (Å²) in [4.78, 5) is 2.44. The van der Waals surface area contributed by atoms with Crippen molar-refractivity contribution in [3.8, 4) is 0 Å². The van der Waals surface area contributed by atoms with Crippen molar-refractivity contribution in [2.75, 3.05) is 40.0 Å². The number of halogens is 1. The minimum atomic E-state index is -0.143. The zero-order valence-electron chi connectivity index (χ0n) is 13.4. The Morgan fingerprint density at radius 3 is 2.86 bits per heavy atom. The van der Waals surface area contributed by atoms with Crippen LogP contribution in [0.1, 0.15) is 24.8 Å². The van der Waals surface area contributed by atoms with Gasteiger partial charge in [0.05, 0.1) is 13.2 Å². The molecule has 0 radical (unpaired) electrons. The summed E-state index contributed by atoms with van der Waals surface area (Å²) in [5, 5.41) is 0. The van der Waals surface area contributed by atoms with Crippen LogP contribution in [-0.2, 0) is 16.0 Å². The molecule has 122 valence electrons. The maximum Gasteiger partial charge on any atom is 0.123 e. The van der Waals surface area contributed by atoms with Crippen molar-refractivity contribution in [1.29, 1.82) is 0 Å². The zero-order valence-corrected chi connectivity index (χ0v) is 13.4. The van der Waals surface area contributed by atoms with Crippen LogP contribution in [-0.4, -0.2) is 44.9 Å². The standard InChI is InChI=1S/C18H26FNO2/c1-21-13-16-14-22-10-7-18(16)5-8-20(9-6-18)12-15-3-2-4-17(19)11-15/h2-4,11,16H,5-10,12-14H2,1H3. The van der Waals surface area contributed by atoms with Gasteiger partial charge in [-0.2, -0.15) is 0 Å². The third kappa shape index (κ3) is 3.50. The molecular weight excluding hydrogens is 281 g/mol. The van der Waals surface area contributed by atoms with E-state index in [2.05, 4.69) is 4.90 Å². The second-order valence-electron chi connectivity index (χ2n) is 6.75. The number of ether oxygens (including phenoxy) is 2. The fourth-order valence-corrected chi connectivity index (χ4v) is 4.02. The Morgan fingerprint density at radius 1 is 1.32 bits per heavy atom. The molecule has 4 heteroatoms. The van der Waals surface area contributed by atoms with Crippen molar-refractivity contribution in [3.05, 3.63) is 35.6 Å². The molecule has 1 atom stereocenters. The lowest BCUT2D eigenvalue weighted by atomic mass is 9.66. The smallest absolute Gasteiger partial charge is 0.123 e. The Hall–Kier alpha value is -0.970. The van der Waals surface area contributed by atoms with Gasteiger partial charge in [-0.25, -0.2) is 4.39 Å². The van der Waals surface area contributed by atoms with Crippen molar-refractivity contribution >= 4 is 0 Å². The SMILES string of the molecule is COCC1COCCC12CCN(Cc1cccc(F)c1)CC2. The molecule has 1 spiro atoms. The molecule has 0 N–H and O–H groups in total. The molecule has 1 unspecified atom stereocenters. The first-order valence-corrected chi connectivity index (χ1v) is 8.25. The molecule has 2 aliphatic heterocycles. The average molecular weight is 307 g/mol. The average Bonchev–Trinajstić information content (AvgIpc) is 2.52. The normalized spacial score (nSPS) is 25.5. The Kier molecular flexibility index (Phi) is 5.11. The topological polar surface area (TPSA) is 21.7 Å². The summed E-state index contributed by atoms with van der Waals surface area (Å²) in [6, 6.07) is 6.96. The van der Waals surface area contributed by atoms with Gasteiger partial charge in [-0.15, -0.1) is 0 Å². The molecule has 2 heterocycles. The van der Waals surface area contributed by atoms with Crippen LogP contribution in [0.4, 0.5) is 4.39 Å². The number of methoxy groups -OCH3 is 1. The van der Waals surface area contributed by atoms with Crippen molar-refractivity contribution in [3.63, 3.8) is 0 Å². The second kappa shape index (κ2) is 7.07. The van der Waals surface area contributed by atoms with Gasteiger partial charge in [0.1, 0.15) is 5.82 Å². The lowest BCUT2D eigenvalue weighted by Crippen LogP contribution is -2.49. The van der Waals surface area contributed by atoms with Gasteiger partial charge in [0.2, 0.25) is 0 Å². The van der Waals surface area contributed by atoms with E-state index in [4.69, 9.17) is 9.47 Å². The van der Waals surface area contributed by atoms with E-state index in [1.54, 1.807) is 19.2 Å². The van der Waals surface area contributed by atoms with Gasteiger partial charge in [0, 0.05) is 26.2 Å². The lowest BCUT2D eigenvalue weighted by molar-refractivity contribution is -0.0951. The minimum absolute atomic E-state index is 0.143. The van der Waals surface area contributed by atoms with Crippen molar-refractivity contribution in [1.82, 2.24) is 4.90 Å². The molecule has 0 aromatic heterocycles. The maximum atomic E-state index is 13.3. The van der Waals surface area contributed by atoms with Gasteiger partial charge >= 0.3 is 0 Å². The third-order valence-corrected chi connectivity index (χ3v) is 5.44. The lowest BCUT2D eigenvalue weighted by Gasteiger charge is -2.49. The Bertz CT molecular complexity index is 484. The van der Waals surface area contributed by atoms with Gasteiger partial charge in [0.25, 0.3) is 0 Å². The number of hydrogen-bond donors (Lipinski definition) is 0. The molecule has 1 aromatic carbocycles. The summed E-state index contributed by atoms with van der Waals surface area (Å²) >= 11 is 0. The van der Waals surface area contributed by atoms with E-state index in [9.17, 15) is 4.39 Å². The summed E-state index contributed by atoms with van der Waals surface area (Å²) in [7, 11) is 1.78. The molecule has 3 nitrogen and oxygen atoms in total. The van der Waals surface area contributed by atoms with E-state index in [1.807, 2.05) is 6.07 Å². The maximum absolute atomic E-state index is 13.3. The monoisotopic (exact) mass is 307 g/mol. The third-order valence-electron chi connectivity index (χ3n) is 5.44. The fourth-order valence-electron chi connectivity index (χ4n) is 4.02. The number of likely N-dealkylation sites (tertiary alicyclic amines) is 1. The zero-order chi connectivity index (χ0) is 15.4. The largest absolute Gasteiger partial charge is 0.384 e. The Balaban J connectivity index is 1.59. The highest BCUT2D eigenvalue weighted by atomic mass is 19.1. The number of rotatable bonds is 4. The summed E-state index contributed by atoms with van der Waals surface area (Å²) in [5.41, 5.74) is 1.45. The Morgan fingerprint density at radius 2 is 2.14 bits per heavy atom. The predicted octanol–water partition coefficient (Wildman–Crippen LogP) is 3.09. The van der Waals surface area contributed by atoms with Crippen LogP contribution in [0, 0.1) is 17.2 Å². The summed E-state index contributed by atoms with van der Waals surface area (Å²) < 4.78 is 24.4. The van der Waals surface area contributed by atoms with Crippen molar-refractivity contribution in [2.45, 2.75) is 25.8 Å². The first kappa shape index (κ1) is 15.9. The van der Waals surface area contributed by atoms with Crippen LogP contribution in [0.2, 0.25) is 0 Å². The van der Waals surface area contributed by atoms with Crippen LogP contribution in [0.3, 0.4) is 0 Å². The molecule has 0 bridgehead atoms. The molecule has 0 amide bonds. The van der Waals surface area contributed by atoms with E-state index in [-0.39, 0.29) is 5.82 Å². The molecular formula is C18H26FNO2. The van der Waals surface area contributed by atoms with Gasteiger partial charge in [-0.05, 0) is 55.5 Å². The molecule has 0 aliphatic carbocycles. The van der Waals surface area contributed by atoms with Crippen LogP contribution in [0.25, 0.3) is 0 Å². The van der Waals surface area contributed by atoms with E-state index in [0.29, 0.717) is 11.3 Å². The van der Waals surface area contributed by atoms with Gasteiger partial charge in [0.15, 0.2) is 0 Å². The minimum Gasteiger partial charge on any atom is -0.384 e. The molecule has 22 heavy (non-hydrogen) atoms. The Labute approximate surface area is 132 Å². The van der Waals surface area contributed by atoms with Crippen LogP contribution in [0.5, 0.6) is 0 Å². The first-order chi connectivity index (χ1) is 10.7. The van der Waals surface area contributed by atoms with E-state index in [0.717, 1.165) is 51.4 Å². The summed E-state index contributed by atoms with van der Waals surface area (Å²) in [6.45, 7) is 5.51. The molecule has 2 saturated heterocycles. The van der Waals surface area contributed by atoms with E-state index in [1.165, 1.54) is 18.9 Å². The molecule has 1 aromatic rings. The van der Waals surface area contributed by atoms with Crippen LogP contribution < -0.4 is 0 Å². The first-order valence-electron chi connectivity index (χ1n) is 8.25. The second-order valence-corrected chi connectivity index (χ2v) is 6.75. The number of piperidine rings is 1. The van der Waals surface area contributed by atoms with Gasteiger partial charge < -0.3 is 9.47 Å². The summed E-state index contributed by atoms with van der Waals surface area (Å²) in [5.74, 6) is 0.373. The molecule has 2 aliphatic rings. The fraction of sp³-hybridized carbons (Fsp3) is 0.667. The molecule has 0 saturated carbocycles. The van der Waals surface area contributed by atoms with Gasteiger partial charge in [-0.1, -0.05) is 12.1 Å². The number of hydrogen-bond acceptors (Lipinski definition) is 3. The highest BCUT2D eigenvalue weighted by molar-refractivity contribution is 5.16.